The Morgan fingerprint density at radius 2 is 0.943 bits per heavy atom. The zero-order valence-corrected chi connectivity index (χ0v) is 28.7. The highest BCUT2D eigenvalue weighted by molar-refractivity contribution is 6.26. The lowest BCUT2D eigenvalue weighted by atomic mass is 9.98. The Morgan fingerprint density at radius 1 is 0.358 bits per heavy atom. The Labute approximate surface area is 307 Å². The summed E-state index contributed by atoms with van der Waals surface area (Å²) >= 11 is 0. The van der Waals surface area contributed by atoms with Gasteiger partial charge in [-0.3, -0.25) is 0 Å². The summed E-state index contributed by atoms with van der Waals surface area (Å²) in [5.74, 6) is 0.710. The summed E-state index contributed by atoms with van der Waals surface area (Å²) in [6.45, 7) is 0. The molecule has 0 bridgehead atoms. The molecule has 0 fully saturated rings. The van der Waals surface area contributed by atoms with Crippen LogP contribution in [-0.2, 0) is 0 Å². The fraction of sp³-hybridized carbons (Fsp3) is 0. The van der Waals surface area contributed by atoms with E-state index in [9.17, 15) is 0 Å². The lowest BCUT2D eigenvalue weighted by Crippen LogP contribution is -1.97. The minimum Gasteiger partial charge on any atom is -0.309 e. The van der Waals surface area contributed by atoms with Crippen LogP contribution in [0.25, 0.3) is 106 Å². The van der Waals surface area contributed by atoms with Crippen molar-refractivity contribution in [2.75, 3.05) is 0 Å². The molecule has 1 aliphatic rings. The monoisotopic (exact) mass is 673 g/mol. The average molecular weight is 674 g/mol. The Hall–Kier alpha value is -7.10. The van der Waals surface area contributed by atoms with Gasteiger partial charge >= 0.3 is 0 Å². The molecule has 53 heavy (non-hydrogen) atoms. The van der Waals surface area contributed by atoms with E-state index in [0.29, 0.717) is 5.82 Å². The number of rotatable bonds is 5. The first-order valence-electron chi connectivity index (χ1n) is 18.1. The highest BCUT2D eigenvalue weighted by atomic mass is 15.0. The third kappa shape index (κ3) is 4.68. The Kier molecular flexibility index (Phi) is 6.55. The second-order valence-corrected chi connectivity index (χ2v) is 13.8. The van der Waals surface area contributed by atoms with Gasteiger partial charge in [0, 0.05) is 38.7 Å². The van der Waals surface area contributed by atoms with Gasteiger partial charge in [0.15, 0.2) is 5.82 Å². The smallest absolute Gasteiger partial charge is 0.160 e. The molecule has 2 aromatic heterocycles. The summed E-state index contributed by atoms with van der Waals surface area (Å²) in [6.07, 6.45) is 0. The van der Waals surface area contributed by atoms with Gasteiger partial charge in [0.2, 0.25) is 0 Å². The summed E-state index contributed by atoms with van der Waals surface area (Å²) in [7, 11) is 0. The lowest BCUT2D eigenvalue weighted by Gasteiger charge is -2.12. The molecule has 10 aromatic rings. The third-order valence-electron chi connectivity index (χ3n) is 10.8. The fourth-order valence-corrected chi connectivity index (χ4v) is 8.32. The highest BCUT2D eigenvalue weighted by Crippen LogP contribution is 2.52. The summed E-state index contributed by atoms with van der Waals surface area (Å²) in [5.41, 5.74) is 16.0. The van der Waals surface area contributed by atoms with Gasteiger partial charge in [0.05, 0.1) is 22.4 Å². The van der Waals surface area contributed by atoms with Crippen LogP contribution in [-0.4, -0.2) is 14.5 Å². The molecule has 0 saturated carbocycles. The molecule has 1 aliphatic carbocycles. The first-order chi connectivity index (χ1) is 26.3. The molecule has 246 valence electrons. The Bertz CT molecular complexity index is 3010. The molecule has 2 heterocycles. The van der Waals surface area contributed by atoms with Crippen LogP contribution >= 0.6 is 0 Å². The van der Waals surface area contributed by atoms with Gasteiger partial charge in [-0.25, -0.2) is 9.97 Å². The van der Waals surface area contributed by atoms with Crippen LogP contribution in [0.2, 0.25) is 0 Å². The zero-order chi connectivity index (χ0) is 34.9. The van der Waals surface area contributed by atoms with Crippen LogP contribution in [0.1, 0.15) is 0 Å². The van der Waals surface area contributed by atoms with Crippen LogP contribution in [0.4, 0.5) is 0 Å². The minimum atomic E-state index is 0.710. The van der Waals surface area contributed by atoms with E-state index >= 15 is 0 Å². The standard InChI is InChI=1S/C50H31N3/c1-3-11-32(12-4-1)33-21-23-34(24-22-33)43-31-44(52-50(51-43)37-13-5-2-6-14-37)35-25-27-38(28-26-35)53-45-20-8-7-17-41(45)49-46(53)30-29-40-39-18-9-15-36-16-10-19-42(47(36)39)48(40)49/h1-31H. The molecule has 0 N–H and O–H groups in total. The topological polar surface area (TPSA) is 30.7 Å². The van der Waals surface area contributed by atoms with Crippen molar-refractivity contribution in [1.82, 2.24) is 14.5 Å². The largest absolute Gasteiger partial charge is 0.309 e. The molecule has 0 atom stereocenters. The van der Waals surface area contributed by atoms with Crippen molar-refractivity contribution in [3.05, 3.63) is 188 Å². The summed E-state index contributed by atoms with van der Waals surface area (Å²) in [4.78, 5) is 10.2. The number of para-hydroxylation sites is 1. The predicted octanol–water partition coefficient (Wildman–Crippen LogP) is 13.0. The van der Waals surface area contributed by atoms with Crippen molar-refractivity contribution in [3.8, 4) is 73.0 Å². The summed E-state index contributed by atoms with van der Waals surface area (Å²) in [5, 5.41) is 5.21. The number of hydrogen-bond acceptors (Lipinski definition) is 2. The molecule has 3 nitrogen and oxygen atoms in total. The van der Waals surface area contributed by atoms with Crippen molar-refractivity contribution >= 4 is 32.6 Å². The average Bonchev–Trinajstić information content (AvgIpc) is 3.75. The normalized spacial score (nSPS) is 11.8. The number of nitrogens with zero attached hydrogens (tertiary/aromatic N) is 3. The molecule has 0 saturated heterocycles. The van der Waals surface area contributed by atoms with Gasteiger partial charge in [-0.2, -0.15) is 0 Å². The van der Waals surface area contributed by atoms with Gasteiger partial charge in [-0.05, 0) is 68.9 Å². The second kappa shape index (κ2) is 11.7. The first-order valence-corrected chi connectivity index (χ1v) is 18.1. The van der Waals surface area contributed by atoms with E-state index in [2.05, 4.69) is 168 Å². The predicted molar refractivity (Wildman–Crippen MR) is 220 cm³/mol. The number of aromatic nitrogens is 3. The number of fused-ring (bicyclic) bond motifs is 7. The van der Waals surface area contributed by atoms with Crippen LogP contribution in [0.15, 0.2) is 188 Å². The third-order valence-corrected chi connectivity index (χ3v) is 10.8. The maximum atomic E-state index is 5.12. The van der Waals surface area contributed by atoms with Crippen LogP contribution in [0, 0.1) is 0 Å². The molecule has 0 aliphatic heterocycles. The minimum absolute atomic E-state index is 0.710. The van der Waals surface area contributed by atoms with Crippen molar-refractivity contribution in [2.24, 2.45) is 0 Å². The van der Waals surface area contributed by atoms with Gasteiger partial charge in [0.25, 0.3) is 0 Å². The molecule has 8 aromatic carbocycles. The Morgan fingerprint density at radius 3 is 1.66 bits per heavy atom. The van der Waals surface area contributed by atoms with E-state index in [0.717, 1.165) is 33.8 Å². The van der Waals surface area contributed by atoms with Gasteiger partial charge in [-0.15, -0.1) is 0 Å². The molecular formula is C50H31N3. The van der Waals surface area contributed by atoms with Gasteiger partial charge < -0.3 is 4.57 Å². The van der Waals surface area contributed by atoms with Crippen molar-refractivity contribution < 1.29 is 0 Å². The fourth-order valence-electron chi connectivity index (χ4n) is 8.32. The molecule has 0 radical (unpaired) electrons. The van der Waals surface area contributed by atoms with E-state index in [-0.39, 0.29) is 0 Å². The van der Waals surface area contributed by atoms with E-state index < -0.39 is 0 Å². The van der Waals surface area contributed by atoms with Crippen molar-refractivity contribution in [3.63, 3.8) is 0 Å². The summed E-state index contributed by atoms with van der Waals surface area (Å²) in [6, 6.07) is 67.1. The SMILES string of the molecule is c1ccc(-c2ccc(-c3cc(-c4ccc(-n5c6ccccc6c6c7c(ccc65)-c5cccc6cccc-7c56)cc4)nc(-c4ccccc4)n3)cc2)cc1. The molecular weight excluding hydrogens is 643 g/mol. The molecule has 0 spiro atoms. The van der Waals surface area contributed by atoms with E-state index in [1.165, 1.54) is 66.0 Å². The van der Waals surface area contributed by atoms with Crippen LogP contribution < -0.4 is 0 Å². The maximum Gasteiger partial charge on any atom is 0.160 e. The lowest BCUT2D eigenvalue weighted by molar-refractivity contribution is 1.17. The Balaban J connectivity index is 1.04. The molecule has 11 rings (SSSR count). The second-order valence-electron chi connectivity index (χ2n) is 13.8. The van der Waals surface area contributed by atoms with E-state index in [1.54, 1.807) is 0 Å². The van der Waals surface area contributed by atoms with Gasteiger partial charge in [-0.1, -0.05) is 158 Å². The first kappa shape index (κ1) is 29.6. The number of benzene rings is 8. The van der Waals surface area contributed by atoms with Crippen molar-refractivity contribution in [1.29, 1.82) is 0 Å². The molecule has 0 unspecified atom stereocenters. The van der Waals surface area contributed by atoms with E-state index in [1.807, 2.05) is 24.3 Å². The zero-order valence-electron chi connectivity index (χ0n) is 28.7. The van der Waals surface area contributed by atoms with Gasteiger partial charge in [0.1, 0.15) is 0 Å². The molecule has 0 amide bonds. The quantitative estimate of drug-likeness (QED) is 0.182. The highest BCUT2D eigenvalue weighted by Gasteiger charge is 2.26. The number of hydrogen-bond donors (Lipinski definition) is 0. The van der Waals surface area contributed by atoms with Crippen LogP contribution in [0.3, 0.4) is 0 Å². The maximum absolute atomic E-state index is 5.12. The molecule has 3 heteroatoms. The van der Waals surface area contributed by atoms with Crippen molar-refractivity contribution in [2.45, 2.75) is 0 Å². The van der Waals surface area contributed by atoms with Crippen LogP contribution in [0.5, 0.6) is 0 Å². The summed E-state index contributed by atoms with van der Waals surface area (Å²) < 4.78 is 2.41. The van der Waals surface area contributed by atoms with E-state index in [4.69, 9.17) is 9.97 Å².